The summed E-state index contributed by atoms with van der Waals surface area (Å²) in [5, 5.41) is 0. The van der Waals surface area contributed by atoms with E-state index in [9.17, 15) is 8.42 Å². The molecule has 2 rings (SSSR count). The minimum Gasteiger partial charge on any atom is -0.490 e. The Hall–Kier alpha value is -2.21. The molecule has 0 atom stereocenters. The molecule has 0 spiro atoms. The quantitative estimate of drug-likeness (QED) is 0.823. The summed E-state index contributed by atoms with van der Waals surface area (Å²) in [6.07, 6.45) is 0. The summed E-state index contributed by atoms with van der Waals surface area (Å²) in [6, 6.07) is 10.2. The molecule has 2 aromatic carbocycles. The Morgan fingerprint density at radius 2 is 1.58 bits per heavy atom. The summed E-state index contributed by atoms with van der Waals surface area (Å²) in [7, 11) is -3.66. The number of nitrogens with one attached hydrogen (secondary N) is 1. The van der Waals surface area contributed by atoms with Crippen molar-refractivity contribution < 1.29 is 17.9 Å². The van der Waals surface area contributed by atoms with Crippen molar-refractivity contribution in [2.24, 2.45) is 0 Å². The molecule has 0 aromatic heterocycles. The van der Waals surface area contributed by atoms with Crippen molar-refractivity contribution in [3.8, 4) is 11.5 Å². The second-order valence-corrected chi connectivity index (χ2v) is 7.05. The summed E-state index contributed by atoms with van der Waals surface area (Å²) < 4.78 is 38.9. The smallest absolute Gasteiger partial charge is 0.262 e. The molecule has 0 saturated heterocycles. The first-order valence-electron chi connectivity index (χ1n) is 7.87. The lowest BCUT2D eigenvalue weighted by Crippen LogP contribution is -2.14. The van der Waals surface area contributed by atoms with Crippen LogP contribution in [-0.4, -0.2) is 21.6 Å². The predicted molar refractivity (Wildman–Crippen MR) is 95.5 cm³/mol. The van der Waals surface area contributed by atoms with E-state index in [4.69, 9.17) is 9.47 Å². The fourth-order valence-corrected chi connectivity index (χ4v) is 3.70. The molecule has 0 radical (unpaired) electrons. The summed E-state index contributed by atoms with van der Waals surface area (Å²) in [6.45, 7) is 8.43. The van der Waals surface area contributed by atoms with Gasteiger partial charge in [0, 0.05) is 6.07 Å². The molecule has 0 heterocycles. The molecule has 0 unspecified atom stereocenters. The van der Waals surface area contributed by atoms with Crippen LogP contribution in [0.1, 0.15) is 25.0 Å². The number of aryl methyl sites for hydroxylation is 2. The van der Waals surface area contributed by atoms with Gasteiger partial charge in [0.15, 0.2) is 11.5 Å². The molecule has 0 aliphatic heterocycles. The van der Waals surface area contributed by atoms with E-state index in [1.807, 2.05) is 26.8 Å². The Morgan fingerprint density at radius 3 is 2.21 bits per heavy atom. The molecule has 5 nitrogen and oxygen atoms in total. The molecule has 0 aliphatic rings. The first-order chi connectivity index (χ1) is 11.4. The zero-order valence-corrected chi connectivity index (χ0v) is 15.2. The lowest BCUT2D eigenvalue weighted by molar-refractivity contribution is 0.288. The zero-order valence-electron chi connectivity index (χ0n) is 14.4. The monoisotopic (exact) mass is 349 g/mol. The highest BCUT2D eigenvalue weighted by molar-refractivity contribution is 7.92. The van der Waals surface area contributed by atoms with Crippen molar-refractivity contribution in [1.29, 1.82) is 0 Å². The highest BCUT2D eigenvalue weighted by Gasteiger charge is 2.18. The van der Waals surface area contributed by atoms with E-state index in [2.05, 4.69) is 4.72 Å². The van der Waals surface area contributed by atoms with Crippen LogP contribution in [0.2, 0.25) is 0 Å². The number of ether oxygens (including phenoxy) is 2. The van der Waals surface area contributed by atoms with Crippen molar-refractivity contribution in [1.82, 2.24) is 0 Å². The van der Waals surface area contributed by atoms with Crippen LogP contribution in [0.4, 0.5) is 5.69 Å². The van der Waals surface area contributed by atoms with E-state index < -0.39 is 10.0 Å². The topological polar surface area (TPSA) is 64.6 Å². The minimum absolute atomic E-state index is 0.264. The Balaban J connectivity index is 2.33. The predicted octanol–water partition coefficient (Wildman–Crippen LogP) is 3.90. The van der Waals surface area contributed by atoms with Crippen molar-refractivity contribution in [3.05, 3.63) is 47.5 Å². The lowest BCUT2D eigenvalue weighted by atomic mass is 10.2. The van der Waals surface area contributed by atoms with Crippen LogP contribution in [-0.2, 0) is 10.0 Å². The highest BCUT2D eigenvalue weighted by Crippen LogP contribution is 2.31. The van der Waals surface area contributed by atoms with Gasteiger partial charge in [0.2, 0.25) is 0 Å². The van der Waals surface area contributed by atoms with E-state index in [1.54, 1.807) is 37.3 Å². The molecule has 0 saturated carbocycles. The normalized spacial score (nSPS) is 11.2. The maximum Gasteiger partial charge on any atom is 0.262 e. The molecule has 0 fully saturated rings. The van der Waals surface area contributed by atoms with Crippen LogP contribution in [0.25, 0.3) is 0 Å². The van der Waals surface area contributed by atoms with E-state index in [-0.39, 0.29) is 4.90 Å². The number of anilines is 1. The fourth-order valence-electron chi connectivity index (χ4n) is 2.43. The summed E-state index contributed by atoms with van der Waals surface area (Å²) >= 11 is 0. The first-order valence-corrected chi connectivity index (χ1v) is 9.35. The molecule has 130 valence electrons. The van der Waals surface area contributed by atoms with Gasteiger partial charge in [0.05, 0.1) is 23.8 Å². The van der Waals surface area contributed by atoms with Gasteiger partial charge in [0.1, 0.15) is 0 Å². The third kappa shape index (κ3) is 4.20. The van der Waals surface area contributed by atoms with E-state index in [0.717, 1.165) is 5.56 Å². The van der Waals surface area contributed by atoms with Crippen LogP contribution in [0.5, 0.6) is 11.5 Å². The van der Waals surface area contributed by atoms with Crippen LogP contribution >= 0.6 is 0 Å². The number of hydrogen-bond acceptors (Lipinski definition) is 4. The van der Waals surface area contributed by atoms with Gasteiger partial charge >= 0.3 is 0 Å². The number of hydrogen-bond donors (Lipinski definition) is 1. The minimum atomic E-state index is -3.66. The van der Waals surface area contributed by atoms with Gasteiger partial charge in [-0.3, -0.25) is 4.72 Å². The van der Waals surface area contributed by atoms with Crippen molar-refractivity contribution in [2.75, 3.05) is 17.9 Å². The Labute approximate surface area is 143 Å². The summed E-state index contributed by atoms with van der Waals surface area (Å²) in [5.74, 6) is 1.11. The average Bonchev–Trinajstić information content (AvgIpc) is 2.49. The van der Waals surface area contributed by atoms with E-state index in [1.165, 1.54) is 0 Å². The second kappa shape index (κ2) is 7.57. The van der Waals surface area contributed by atoms with Crippen molar-refractivity contribution in [2.45, 2.75) is 32.6 Å². The SMILES string of the molecule is CCOc1ccc(NS(=O)(=O)c2ccc(C)cc2C)cc1OCC. The molecule has 0 amide bonds. The lowest BCUT2D eigenvalue weighted by Gasteiger charge is -2.14. The number of sulfonamides is 1. The maximum atomic E-state index is 12.6. The largest absolute Gasteiger partial charge is 0.490 e. The average molecular weight is 349 g/mol. The van der Waals surface area contributed by atoms with Gasteiger partial charge in [-0.2, -0.15) is 0 Å². The van der Waals surface area contributed by atoms with Gasteiger partial charge in [-0.15, -0.1) is 0 Å². The van der Waals surface area contributed by atoms with Gasteiger partial charge in [0.25, 0.3) is 10.0 Å². The van der Waals surface area contributed by atoms with Gasteiger partial charge in [-0.1, -0.05) is 17.7 Å². The molecule has 2 aromatic rings. The Kier molecular flexibility index (Phi) is 5.72. The van der Waals surface area contributed by atoms with Crippen LogP contribution in [0.3, 0.4) is 0 Å². The van der Waals surface area contributed by atoms with Crippen molar-refractivity contribution >= 4 is 15.7 Å². The van der Waals surface area contributed by atoms with Gasteiger partial charge in [-0.05, 0) is 51.5 Å². The maximum absolute atomic E-state index is 12.6. The zero-order chi connectivity index (χ0) is 17.7. The van der Waals surface area contributed by atoms with Gasteiger partial charge < -0.3 is 9.47 Å². The van der Waals surface area contributed by atoms with Crippen LogP contribution in [0, 0.1) is 13.8 Å². The highest BCUT2D eigenvalue weighted by atomic mass is 32.2. The van der Waals surface area contributed by atoms with E-state index in [0.29, 0.717) is 36.0 Å². The first kappa shape index (κ1) is 18.1. The third-order valence-electron chi connectivity index (χ3n) is 3.42. The standard InChI is InChI=1S/C18H23NO4S/c1-5-22-16-9-8-15(12-17(16)23-6-2)19-24(20,21)18-10-7-13(3)11-14(18)4/h7-12,19H,5-6H2,1-4H3. The number of rotatable bonds is 7. The van der Waals surface area contributed by atoms with Crippen molar-refractivity contribution in [3.63, 3.8) is 0 Å². The van der Waals surface area contributed by atoms with Crippen LogP contribution < -0.4 is 14.2 Å². The molecule has 0 aliphatic carbocycles. The van der Waals surface area contributed by atoms with Gasteiger partial charge in [-0.25, -0.2) is 8.42 Å². The third-order valence-corrected chi connectivity index (χ3v) is 4.96. The Bertz CT molecular complexity index is 816. The Morgan fingerprint density at radius 1 is 0.917 bits per heavy atom. The molecule has 0 bridgehead atoms. The molecule has 1 N–H and O–H groups in total. The summed E-state index contributed by atoms with van der Waals surface area (Å²) in [4.78, 5) is 0.264. The molecule has 24 heavy (non-hydrogen) atoms. The molecule has 6 heteroatoms. The fraction of sp³-hybridized carbons (Fsp3) is 0.333. The molecular formula is C18H23NO4S. The van der Waals surface area contributed by atoms with E-state index >= 15 is 0 Å². The number of benzene rings is 2. The molecular weight excluding hydrogens is 326 g/mol. The summed E-state index contributed by atoms with van der Waals surface area (Å²) in [5.41, 5.74) is 2.16. The second-order valence-electron chi connectivity index (χ2n) is 5.40. The van der Waals surface area contributed by atoms with Crippen LogP contribution in [0.15, 0.2) is 41.3 Å².